The number of nitrogen functional groups attached to an aromatic ring is 1. The molecule has 0 fully saturated rings. The topological polar surface area (TPSA) is 65.6 Å². The van der Waals surface area contributed by atoms with Crippen LogP contribution in [0.25, 0.3) is 11.3 Å². The maximum Gasteiger partial charge on any atom is 0.119 e. The molecule has 3 N–H and O–H groups in total. The first-order chi connectivity index (χ1) is 7.74. The zero-order chi connectivity index (χ0) is 11.5. The van der Waals surface area contributed by atoms with E-state index in [1.807, 2.05) is 12.1 Å². The Kier molecular flexibility index (Phi) is 2.65. The number of hydrogen-bond donors (Lipinski definition) is 2. The molecule has 0 saturated carbocycles. The number of nitrogens with zero attached hydrogens (tertiary/aromatic N) is 1. The minimum Gasteiger partial charge on any atom is -0.384 e. The number of nitrogens with one attached hydrogen (secondary N) is 1. The van der Waals surface area contributed by atoms with Crippen LogP contribution < -0.4 is 5.73 Å². The standard InChI is InChI=1S/C13H13N3/c1-2-9-3-5-10(6-4-9)12-7-11(8-14)13(15)16-12/h3-7,16H,2,15H2,1H3. The summed E-state index contributed by atoms with van der Waals surface area (Å²) in [5.74, 6) is 0.428. The Bertz CT molecular complexity index is 529. The van der Waals surface area contributed by atoms with Crippen LogP contribution in [0, 0.1) is 11.3 Å². The molecule has 0 aliphatic carbocycles. The Balaban J connectivity index is 2.39. The van der Waals surface area contributed by atoms with Crippen LogP contribution >= 0.6 is 0 Å². The Morgan fingerprint density at radius 2 is 2.00 bits per heavy atom. The molecule has 0 atom stereocenters. The molecule has 1 aromatic carbocycles. The molecule has 16 heavy (non-hydrogen) atoms. The summed E-state index contributed by atoms with van der Waals surface area (Å²) in [4.78, 5) is 3.00. The van der Waals surface area contributed by atoms with Crippen LogP contribution in [0.1, 0.15) is 18.1 Å². The molecular formula is C13H13N3. The molecule has 0 bridgehead atoms. The first kappa shape index (κ1) is 10.3. The maximum atomic E-state index is 8.81. The summed E-state index contributed by atoms with van der Waals surface area (Å²) in [7, 11) is 0. The number of nitriles is 1. The van der Waals surface area contributed by atoms with Crippen molar-refractivity contribution in [3.63, 3.8) is 0 Å². The lowest BCUT2D eigenvalue weighted by Gasteiger charge is -1.99. The average Bonchev–Trinajstić information content (AvgIpc) is 2.71. The van der Waals surface area contributed by atoms with Crippen LogP contribution in [0.5, 0.6) is 0 Å². The van der Waals surface area contributed by atoms with E-state index in [4.69, 9.17) is 11.0 Å². The van der Waals surface area contributed by atoms with E-state index < -0.39 is 0 Å². The van der Waals surface area contributed by atoms with E-state index in [0.29, 0.717) is 11.4 Å². The number of nitrogens with two attached hydrogens (primary N) is 1. The van der Waals surface area contributed by atoms with Gasteiger partial charge in [0.05, 0.1) is 5.56 Å². The highest BCUT2D eigenvalue weighted by Crippen LogP contribution is 2.23. The monoisotopic (exact) mass is 211 g/mol. The summed E-state index contributed by atoms with van der Waals surface area (Å²) in [6.07, 6.45) is 1.02. The highest BCUT2D eigenvalue weighted by atomic mass is 14.9. The lowest BCUT2D eigenvalue weighted by molar-refractivity contribution is 1.14. The van der Waals surface area contributed by atoms with Crippen LogP contribution in [0.2, 0.25) is 0 Å². The lowest BCUT2D eigenvalue weighted by atomic mass is 10.1. The number of hydrogen-bond acceptors (Lipinski definition) is 2. The molecule has 2 rings (SSSR count). The molecule has 0 aliphatic heterocycles. The van der Waals surface area contributed by atoms with Crippen LogP contribution in [0.3, 0.4) is 0 Å². The Morgan fingerprint density at radius 1 is 1.31 bits per heavy atom. The van der Waals surface area contributed by atoms with Gasteiger partial charge in [0.15, 0.2) is 0 Å². The third-order valence-corrected chi connectivity index (χ3v) is 2.64. The normalized spacial score (nSPS) is 10.0. The largest absolute Gasteiger partial charge is 0.384 e. The van der Waals surface area contributed by atoms with Gasteiger partial charge in [-0.15, -0.1) is 0 Å². The second-order valence-electron chi connectivity index (χ2n) is 3.67. The van der Waals surface area contributed by atoms with Crippen LogP contribution in [-0.2, 0) is 6.42 Å². The maximum absolute atomic E-state index is 8.81. The molecule has 1 aromatic heterocycles. The van der Waals surface area contributed by atoms with Crippen LogP contribution in [0.15, 0.2) is 30.3 Å². The van der Waals surface area contributed by atoms with E-state index in [2.05, 4.69) is 30.1 Å². The van der Waals surface area contributed by atoms with Gasteiger partial charge in [0, 0.05) is 5.69 Å². The van der Waals surface area contributed by atoms with Gasteiger partial charge in [0.25, 0.3) is 0 Å². The molecule has 0 amide bonds. The Hall–Kier alpha value is -2.21. The van der Waals surface area contributed by atoms with Crippen molar-refractivity contribution in [3.05, 3.63) is 41.5 Å². The third kappa shape index (κ3) is 1.78. The van der Waals surface area contributed by atoms with Gasteiger partial charge < -0.3 is 10.7 Å². The molecule has 1 heterocycles. The molecule has 0 radical (unpaired) electrons. The molecule has 3 nitrogen and oxygen atoms in total. The van der Waals surface area contributed by atoms with Gasteiger partial charge in [0.1, 0.15) is 11.9 Å². The quantitative estimate of drug-likeness (QED) is 0.802. The van der Waals surface area contributed by atoms with Crippen LogP contribution in [0.4, 0.5) is 5.82 Å². The summed E-state index contributed by atoms with van der Waals surface area (Å²) in [6.45, 7) is 2.12. The van der Waals surface area contributed by atoms with Crippen molar-refractivity contribution in [2.75, 3.05) is 5.73 Å². The Labute approximate surface area is 94.5 Å². The van der Waals surface area contributed by atoms with E-state index in [-0.39, 0.29) is 0 Å². The molecule has 0 unspecified atom stereocenters. The number of aromatic amines is 1. The molecule has 80 valence electrons. The van der Waals surface area contributed by atoms with Gasteiger partial charge >= 0.3 is 0 Å². The average molecular weight is 211 g/mol. The van der Waals surface area contributed by atoms with Gasteiger partial charge in [-0.1, -0.05) is 31.2 Å². The fourth-order valence-corrected chi connectivity index (χ4v) is 1.64. The highest BCUT2D eigenvalue weighted by molar-refractivity contribution is 5.67. The third-order valence-electron chi connectivity index (χ3n) is 2.64. The van der Waals surface area contributed by atoms with Crippen molar-refractivity contribution in [2.24, 2.45) is 0 Å². The number of aryl methyl sites for hydroxylation is 1. The van der Waals surface area contributed by atoms with E-state index >= 15 is 0 Å². The van der Waals surface area contributed by atoms with Crippen molar-refractivity contribution in [1.29, 1.82) is 5.26 Å². The SMILES string of the molecule is CCc1ccc(-c2cc(C#N)c(N)[nH]2)cc1. The van der Waals surface area contributed by atoms with E-state index in [9.17, 15) is 0 Å². The zero-order valence-corrected chi connectivity index (χ0v) is 9.12. The number of anilines is 1. The Morgan fingerprint density at radius 3 is 2.50 bits per heavy atom. The molecule has 0 spiro atoms. The van der Waals surface area contributed by atoms with Gasteiger partial charge in [-0.25, -0.2) is 0 Å². The summed E-state index contributed by atoms with van der Waals surface area (Å²) in [6, 6.07) is 12.1. The van der Waals surface area contributed by atoms with Crippen molar-refractivity contribution in [1.82, 2.24) is 4.98 Å². The van der Waals surface area contributed by atoms with Crippen LogP contribution in [-0.4, -0.2) is 4.98 Å². The molecule has 0 aliphatic rings. The van der Waals surface area contributed by atoms with Gasteiger partial charge in [-0.05, 0) is 23.6 Å². The fourth-order valence-electron chi connectivity index (χ4n) is 1.64. The summed E-state index contributed by atoms with van der Waals surface area (Å²) in [5.41, 5.74) is 9.39. The molecule has 0 saturated heterocycles. The van der Waals surface area contributed by atoms with Crippen molar-refractivity contribution < 1.29 is 0 Å². The number of aromatic nitrogens is 1. The fraction of sp³-hybridized carbons (Fsp3) is 0.154. The van der Waals surface area contributed by atoms with Crippen molar-refractivity contribution in [2.45, 2.75) is 13.3 Å². The van der Waals surface area contributed by atoms with Gasteiger partial charge in [0.2, 0.25) is 0 Å². The second kappa shape index (κ2) is 4.11. The summed E-state index contributed by atoms with van der Waals surface area (Å²) >= 11 is 0. The minimum absolute atomic E-state index is 0.428. The lowest BCUT2D eigenvalue weighted by Crippen LogP contribution is -1.86. The van der Waals surface area contributed by atoms with Crippen molar-refractivity contribution >= 4 is 5.82 Å². The number of H-pyrrole nitrogens is 1. The van der Waals surface area contributed by atoms with E-state index in [1.165, 1.54) is 5.56 Å². The summed E-state index contributed by atoms with van der Waals surface area (Å²) in [5, 5.41) is 8.81. The number of benzene rings is 1. The molecular weight excluding hydrogens is 198 g/mol. The predicted molar refractivity (Wildman–Crippen MR) is 64.7 cm³/mol. The molecule has 3 heteroatoms. The van der Waals surface area contributed by atoms with E-state index in [0.717, 1.165) is 17.7 Å². The first-order valence-corrected chi connectivity index (χ1v) is 5.22. The minimum atomic E-state index is 0.428. The number of rotatable bonds is 2. The van der Waals surface area contributed by atoms with Gasteiger partial charge in [-0.3, -0.25) is 0 Å². The zero-order valence-electron chi connectivity index (χ0n) is 9.12. The predicted octanol–water partition coefficient (Wildman–Crippen LogP) is 2.70. The molecule has 2 aromatic rings. The van der Waals surface area contributed by atoms with Gasteiger partial charge in [-0.2, -0.15) is 5.26 Å². The second-order valence-corrected chi connectivity index (χ2v) is 3.67. The highest BCUT2D eigenvalue weighted by Gasteiger charge is 2.05. The van der Waals surface area contributed by atoms with Crippen molar-refractivity contribution in [3.8, 4) is 17.3 Å². The first-order valence-electron chi connectivity index (χ1n) is 5.22. The summed E-state index contributed by atoms with van der Waals surface area (Å²) < 4.78 is 0. The van der Waals surface area contributed by atoms with E-state index in [1.54, 1.807) is 6.07 Å². The smallest absolute Gasteiger partial charge is 0.119 e.